The van der Waals surface area contributed by atoms with Crippen molar-refractivity contribution in [2.75, 3.05) is 13.7 Å². The highest BCUT2D eigenvalue weighted by Crippen LogP contribution is 2.31. The Morgan fingerprint density at radius 2 is 1.85 bits per heavy atom. The highest BCUT2D eigenvalue weighted by Gasteiger charge is 2.30. The van der Waals surface area contributed by atoms with Crippen molar-refractivity contribution in [2.24, 2.45) is 0 Å². The van der Waals surface area contributed by atoms with E-state index in [4.69, 9.17) is 4.74 Å². The zero-order valence-corrected chi connectivity index (χ0v) is 11.3. The molecule has 112 valence electrons. The molecule has 0 aliphatic rings. The van der Waals surface area contributed by atoms with Crippen molar-refractivity contribution in [2.45, 2.75) is 26.1 Å². The van der Waals surface area contributed by atoms with Crippen LogP contribution in [0, 0.1) is 0 Å². The molecule has 7 heteroatoms. The zero-order valence-electron chi connectivity index (χ0n) is 11.3. The van der Waals surface area contributed by atoms with Crippen LogP contribution >= 0.6 is 0 Å². The van der Waals surface area contributed by atoms with Crippen LogP contribution in [0.3, 0.4) is 0 Å². The Kier molecular flexibility index (Phi) is 5.24. The molecule has 0 N–H and O–H groups in total. The summed E-state index contributed by atoms with van der Waals surface area (Å²) in [5.74, 6) is -0.933. The number of methoxy groups -OCH3 is 1. The van der Waals surface area contributed by atoms with Gasteiger partial charge in [-0.1, -0.05) is 6.07 Å². The summed E-state index contributed by atoms with van der Waals surface area (Å²) in [7, 11) is 1.13. The van der Waals surface area contributed by atoms with Gasteiger partial charge in [-0.3, -0.25) is 0 Å². The second-order valence-electron chi connectivity index (χ2n) is 4.19. The minimum absolute atomic E-state index is 0.117. The smallest absolute Gasteiger partial charge is 0.422 e. The van der Waals surface area contributed by atoms with Crippen molar-refractivity contribution in [1.82, 2.24) is 0 Å². The van der Waals surface area contributed by atoms with Crippen LogP contribution in [-0.4, -0.2) is 32.0 Å². The highest BCUT2D eigenvalue weighted by molar-refractivity contribution is 5.95. The lowest BCUT2D eigenvalue weighted by atomic mass is 10.1. The third kappa shape index (κ3) is 4.64. The molecule has 0 atom stereocenters. The summed E-state index contributed by atoms with van der Waals surface area (Å²) in [5, 5.41) is 0. The summed E-state index contributed by atoms with van der Waals surface area (Å²) in [5.41, 5.74) is -0.159. The highest BCUT2D eigenvalue weighted by atomic mass is 19.4. The second-order valence-corrected chi connectivity index (χ2v) is 4.19. The number of halogens is 3. The Balaban J connectivity index is 3.12. The monoisotopic (exact) mass is 292 g/mol. The molecule has 1 aromatic rings. The summed E-state index contributed by atoms with van der Waals surface area (Å²) >= 11 is 0. The molecule has 20 heavy (non-hydrogen) atoms. The first kappa shape index (κ1) is 16.1. The van der Waals surface area contributed by atoms with E-state index in [-0.39, 0.29) is 23.2 Å². The van der Waals surface area contributed by atoms with E-state index in [1.165, 1.54) is 18.2 Å². The maximum Gasteiger partial charge on any atom is 0.422 e. The van der Waals surface area contributed by atoms with Gasteiger partial charge in [-0.05, 0) is 26.0 Å². The third-order valence-corrected chi connectivity index (χ3v) is 2.13. The molecule has 0 heterocycles. The number of carbonyl (C=O) groups is 1. The zero-order chi connectivity index (χ0) is 15.3. The molecule has 4 nitrogen and oxygen atoms in total. The molecule has 0 unspecified atom stereocenters. The van der Waals surface area contributed by atoms with Crippen LogP contribution in [0.15, 0.2) is 18.2 Å². The first-order valence-corrected chi connectivity index (χ1v) is 5.82. The van der Waals surface area contributed by atoms with Gasteiger partial charge in [0.05, 0.1) is 13.2 Å². The molecule has 0 saturated carbocycles. The SMILES string of the molecule is COC(=O)c1c(OCC(F)(F)F)cccc1OC(C)C. The fourth-order valence-electron chi connectivity index (χ4n) is 1.45. The maximum absolute atomic E-state index is 12.2. The summed E-state index contributed by atoms with van der Waals surface area (Å²) in [4.78, 5) is 11.7. The number of carbonyl (C=O) groups excluding carboxylic acids is 1. The van der Waals surface area contributed by atoms with Crippen LogP contribution in [0.1, 0.15) is 24.2 Å². The first-order chi connectivity index (χ1) is 9.24. The molecule has 0 aliphatic heterocycles. The van der Waals surface area contributed by atoms with Gasteiger partial charge in [-0.2, -0.15) is 13.2 Å². The largest absolute Gasteiger partial charge is 0.490 e. The quantitative estimate of drug-likeness (QED) is 0.782. The lowest BCUT2D eigenvalue weighted by molar-refractivity contribution is -0.153. The van der Waals surface area contributed by atoms with Crippen molar-refractivity contribution < 1.29 is 32.2 Å². The molecular weight excluding hydrogens is 277 g/mol. The van der Waals surface area contributed by atoms with E-state index >= 15 is 0 Å². The average Bonchev–Trinajstić information content (AvgIpc) is 2.34. The molecule has 0 spiro atoms. The molecule has 0 aliphatic carbocycles. The fourth-order valence-corrected chi connectivity index (χ4v) is 1.45. The Morgan fingerprint density at radius 3 is 2.35 bits per heavy atom. The molecule has 0 saturated heterocycles. The van der Waals surface area contributed by atoms with Crippen LogP contribution in [-0.2, 0) is 4.74 Å². The van der Waals surface area contributed by atoms with E-state index < -0.39 is 18.8 Å². The molecule has 1 rings (SSSR count). The van der Waals surface area contributed by atoms with Crippen LogP contribution in [0.5, 0.6) is 11.5 Å². The predicted molar refractivity (Wildman–Crippen MR) is 65.1 cm³/mol. The maximum atomic E-state index is 12.2. The predicted octanol–water partition coefficient (Wildman–Crippen LogP) is 3.20. The third-order valence-electron chi connectivity index (χ3n) is 2.13. The Labute approximate surface area is 114 Å². The van der Waals surface area contributed by atoms with Gasteiger partial charge >= 0.3 is 12.1 Å². The van der Waals surface area contributed by atoms with Crippen LogP contribution in [0.2, 0.25) is 0 Å². The van der Waals surface area contributed by atoms with E-state index in [2.05, 4.69) is 9.47 Å². The number of esters is 1. The van der Waals surface area contributed by atoms with Crippen molar-refractivity contribution in [3.05, 3.63) is 23.8 Å². The second kappa shape index (κ2) is 6.49. The fraction of sp³-hybridized carbons (Fsp3) is 0.462. The lowest BCUT2D eigenvalue weighted by Crippen LogP contribution is -2.21. The minimum atomic E-state index is -4.50. The number of ether oxygens (including phenoxy) is 3. The van der Waals surface area contributed by atoms with E-state index in [1.54, 1.807) is 13.8 Å². The first-order valence-electron chi connectivity index (χ1n) is 5.82. The summed E-state index contributed by atoms with van der Waals surface area (Å²) in [6.45, 7) is 1.96. The van der Waals surface area contributed by atoms with Crippen molar-refractivity contribution in [1.29, 1.82) is 0 Å². The number of hydrogen-bond donors (Lipinski definition) is 0. The molecule has 0 amide bonds. The van der Waals surface area contributed by atoms with E-state index in [1.807, 2.05) is 0 Å². The van der Waals surface area contributed by atoms with Crippen LogP contribution < -0.4 is 9.47 Å². The van der Waals surface area contributed by atoms with Gasteiger partial charge < -0.3 is 14.2 Å². The van der Waals surface area contributed by atoms with Gasteiger partial charge in [0.2, 0.25) is 0 Å². The number of benzene rings is 1. The lowest BCUT2D eigenvalue weighted by Gasteiger charge is -2.17. The molecule has 1 aromatic carbocycles. The van der Waals surface area contributed by atoms with Crippen molar-refractivity contribution >= 4 is 5.97 Å². The molecular formula is C13H15F3O4. The normalized spacial score (nSPS) is 11.3. The van der Waals surface area contributed by atoms with E-state index in [0.29, 0.717) is 0 Å². The van der Waals surface area contributed by atoms with Gasteiger partial charge in [-0.15, -0.1) is 0 Å². The standard InChI is InChI=1S/C13H15F3O4/c1-8(2)20-10-6-4-5-9(11(10)12(17)18-3)19-7-13(14,15)16/h4-6,8H,7H2,1-3H3. The average molecular weight is 292 g/mol. The Bertz CT molecular complexity index is 469. The Hall–Kier alpha value is -1.92. The molecule has 0 radical (unpaired) electrons. The number of rotatable bonds is 5. The van der Waals surface area contributed by atoms with Gasteiger partial charge in [0.25, 0.3) is 0 Å². The number of alkyl halides is 3. The van der Waals surface area contributed by atoms with E-state index in [0.717, 1.165) is 7.11 Å². The van der Waals surface area contributed by atoms with Crippen LogP contribution in [0.25, 0.3) is 0 Å². The Morgan fingerprint density at radius 1 is 1.25 bits per heavy atom. The van der Waals surface area contributed by atoms with Gasteiger partial charge in [0.15, 0.2) is 6.61 Å². The number of hydrogen-bond acceptors (Lipinski definition) is 4. The molecule has 0 bridgehead atoms. The molecule has 0 fully saturated rings. The van der Waals surface area contributed by atoms with Gasteiger partial charge in [0.1, 0.15) is 17.1 Å². The minimum Gasteiger partial charge on any atom is -0.490 e. The topological polar surface area (TPSA) is 44.8 Å². The van der Waals surface area contributed by atoms with E-state index in [9.17, 15) is 18.0 Å². The van der Waals surface area contributed by atoms with Crippen molar-refractivity contribution in [3.63, 3.8) is 0 Å². The van der Waals surface area contributed by atoms with Crippen LogP contribution in [0.4, 0.5) is 13.2 Å². The molecule has 0 aromatic heterocycles. The summed E-state index contributed by atoms with van der Waals surface area (Å²) in [6, 6.07) is 4.16. The van der Waals surface area contributed by atoms with Gasteiger partial charge in [0, 0.05) is 0 Å². The van der Waals surface area contributed by atoms with Gasteiger partial charge in [-0.25, -0.2) is 4.79 Å². The summed E-state index contributed by atoms with van der Waals surface area (Å²) in [6.07, 6.45) is -4.75. The van der Waals surface area contributed by atoms with Crippen molar-refractivity contribution in [3.8, 4) is 11.5 Å². The summed E-state index contributed by atoms with van der Waals surface area (Å²) < 4.78 is 51.2.